The van der Waals surface area contributed by atoms with Crippen molar-refractivity contribution in [3.05, 3.63) is 50.7 Å². The lowest BCUT2D eigenvalue weighted by Crippen LogP contribution is -2.37. The van der Waals surface area contributed by atoms with Gasteiger partial charge in [0.1, 0.15) is 11.4 Å². The minimum atomic E-state index is -1.80. The van der Waals surface area contributed by atoms with Crippen molar-refractivity contribution >= 4 is 52.8 Å². The molecular weight excluding hydrogens is 1090 g/mol. The molecule has 0 atom stereocenters. The van der Waals surface area contributed by atoms with Crippen LogP contribution in [0.3, 0.4) is 0 Å². The molecule has 1 aromatic heterocycles. The van der Waals surface area contributed by atoms with Crippen LogP contribution in [0.1, 0.15) is 88.8 Å². The SMILES string of the molecule is CCCN(CCCNC(=O)OC(C)(C)C)C(=O)C1=Cc2sc(CCCCCNC(=O)CCOCCOCCOCCOCCOCCOCCOCCOCCOCCOCCC(=O)Oc3c(F)c(F)cc(F)c3F)cc2N=C(N)C1. The third-order valence-corrected chi connectivity index (χ3v) is 12.2. The molecule has 4 N–H and O–H groups in total. The summed E-state index contributed by atoms with van der Waals surface area (Å²) in [6, 6.07) is 2.06. The third kappa shape index (κ3) is 33.1. The van der Waals surface area contributed by atoms with Crippen LogP contribution >= 0.6 is 11.3 Å². The van der Waals surface area contributed by atoms with Crippen molar-refractivity contribution in [1.82, 2.24) is 15.5 Å². The van der Waals surface area contributed by atoms with Gasteiger partial charge >= 0.3 is 12.1 Å². The van der Waals surface area contributed by atoms with E-state index >= 15 is 0 Å². The predicted octanol–water partition coefficient (Wildman–Crippen LogP) is 6.61. The Hall–Kier alpha value is -4.87. The summed E-state index contributed by atoms with van der Waals surface area (Å²) >= 11 is 1.62. The highest BCUT2D eigenvalue weighted by atomic mass is 32.1. The summed E-state index contributed by atoms with van der Waals surface area (Å²) in [4.78, 5) is 58.2. The number of fused-ring (bicyclic) bond motifs is 1. The number of nitrogens with one attached hydrogen (secondary N) is 2. The van der Waals surface area contributed by atoms with Crippen molar-refractivity contribution in [2.45, 2.75) is 91.1 Å². The highest BCUT2D eigenvalue weighted by molar-refractivity contribution is 7.13. The lowest BCUT2D eigenvalue weighted by molar-refractivity contribution is -0.136. The van der Waals surface area contributed by atoms with Crippen LogP contribution in [0.4, 0.5) is 28.0 Å². The van der Waals surface area contributed by atoms with Gasteiger partial charge in [-0.3, -0.25) is 14.4 Å². The Morgan fingerprint density at radius 1 is 0.617 bits per heavy atom. The summed E-state index contributed by atoms with van der Waals surface area (Å²) in [5.74, 6) is -9.27. The van der Waals surface area contributed by atoms with Gasteiger partial charge in [0.05, 0.1) is 149 Å². The summed E-state index contributed by atoms with van der Waals surface area (Å²) in [5, 5.41) is 5.71. The number of hydrogen-bond donors (Lipinski definition) is 3. The maximum Gasteiger partial charge on any atom is 0.407 e. The molecule has 0 unspecified atom stereocenters. The van der Waals surface area contributed by atoms with E-state index in [9.17, 15) is 36.7 Å². The molecule has 3 rings (SSSR count). The van der Waals surface area contributed by atoms with Crippen LogP contribution in [0.15, 0.2) is 22.7 Å². The lowest BCUT2D eigenvalue weighted by Gasteiger charge is -2.24. The molecule has 0 fully saturated rings. The number of unbranched alkanes of at least 4 members (excludes halogenated alkanes) is 2. The molecule has 2 heterocycles. The summed E-state index contributed by atoms with van der Waals surface area (Å²) < 4.78 is 118. The number of amidine groups is 1. The maximum absolute atomic E-state index is 13.7. The molecule has 0 aliphatic carbocycles. The average Bonchev–Trinajstić information content (AvgIpc) is 3.75. The van der Waals surface area contributed by atoms with Gasteiger partial charge in [-0.25, -0.2) is 18.6 Å². The number of carbonyl (C=O) groups excluding carboxylic acids is 4. The largest absolute Gasteiger partial charge is 0.444 e. The number of thiophene rings is 1. The molecule has 1 aliphatic rings. The molecule has 0 saturated carbocycles. The van der Waals surface area contributed by atoms with E-state index in [1.165, 1.54) is 0 Å². The number of nitrogens with two attached hydrogens (primary N) is 1. The van der Waals surface area contributed by atoms with E-state index in [2.05, 4.69) is 20.4 Å². The van der Waals surface area contributed by atoms with Gasteiger partial charge in [0, 0.05) is 55.5 Å². The Kier molecular flexibility index (Phi) is 37.3. The molecule has 1 aromatic carbocycles. The van der Waals surface area contributed by atoms with Gasteiger partial charge in [-0.1, -0.05) is 13.3 Å². The molecule has 460 valence electrons. The number of esters is 1. The van der Waals surface area contributed by atoms with Gasteiger partial charge in [0.15, 0.2) is 11.6 Å². The summed E-state index contributed by atoms with van der Waals surface area (Å²) in [6.45, 7) is 16.2. The van der Waals surface area contributed by atoms with E-state index in [0.717, 1.165) is 47.5 Å². The number of alkyl carbamates (subject to hydrolysis) is 1. The fourth-order valence-corrected chi connectivity index (χ4v) is 8.29. The van der Waals surface area contributed by atoms with Crippen LogP contribution in [0.5, 0.6) is 5.75 Å². The molecule has 3 amide bonds. The fourth-order valence-electron chi connectivity index (χ4n) is 7.18. The number of ether oxygens (including phenoxy) is 12. The Morgan fingerprint density at radius 3 is 1.57 bits per heavy atom. The van der Waals surface area contributed by atoms with E-state index < -0.39 is 53.1 Å². The lowest BCUT2D eigenvalue weighted by atomic mass is 10.1. The van der Waals surface area contributed by atoms with Crippen molar-refractivity contribution in [2.24, 2.45) is 10.7 Å². The van der Waals surface area contributed by atoms with Crippen LogP contribution in [0.2, 0.25) is 0 Å². The number of amides is 3. The molecule has 0 saturated heterocycles. The Morgan fingerprint density at radius 2 is 1.09 bits per heavy atom. The molecule has 0 bridgehead atoms. The Balaban J connectivity index is 1.02. The highest BCUT2D eigenvalue weighted by Crippen LogP contribution is 2.36. The molecule has 26 heteroatoms. The molecule has 0 spiro atoms. The molecule has 1 aliphatic heterocycles. The standard InChI is InChI=1S/C55H85F4N5O16S/c1-5-15-64(16-9-14-62-54(68)80-55(2,3)4)53(67)41-37-46-45(63-47(60)38-41)39-42(81-46)10-7-6-8-13-61-48(65)11-17-69-19-21-71-23-25-73-27-29-75-31-33-77-35-36-78-34-32-76-30-28-74-26-24-72-22-20-70-18-12-49(66)79-52-50(58)43(56)40-44(57)51(52)59/h37,39-40H,5-36,38H2,1-4H3,(H2,60,63)(H,61,65)(H,62,68). The van der Waals surface area contributed by atoms with E-state index in [0.29, 0.717) is 150 Å². The van der Waals surface area contributed by atoms with E-state index in [1.807, 2.05) is 44.7 Å². The van der Waals surface area contributed by atoms with Crippen LogP contribution in [-0.4, -0.2) is 199 Å². The van der Waals surface area contributed by atoms with E-state index in [1.54, 1.807) is 11.3 Å². The van der Waals surface area contributed by atoms with Crippen LogP contribution in [0.25, 0.3) is 6.08 Å². The zero-order chi connectivity index (χ0) is 58.9. The topological polar surface area (TPSA) is 245 Å². The van der Waals surface area contributed by atoms with E-state index in [-0.39, 0.29) is 57.1 Å². The summed E-state index contributed by atoms with van der Waals surface area (Å²) in [6.07, 6.45) is 6.56. The van der Waals surface area contributed by atoms with Crippen LogP contribution < -0.4 is 21.1 Å². The minimum Gasteiger partial charge on any atom is -0.444 e. The predicted molar refractivity (Wildman–Crippen MR) is 294 cm³/mol. The summed E-state index contributed by atoms with van der Waals surface area (Å²) in [7, 11) is 0. The van der Waals surface area contributed by atoms with Gasteiger partial charge in [-0.05, 0) is 65.0 Å². The average molecular weight is 1180 g/mol. The Labute approximate surface area is 477 Å². The number of rotatable bonds is 47. The molecule has 2 aromatic rings. The first-order valence-electron chi connectivity index (χ1n) is 27.6. The second kappa shape index (κ2) is 42.9. The highest BCUT2D eigenvalue weighted by Gasteiger charge is 2.25. The molecule has 81 heavy (non-hydrogen) atoms. The van der Waals surface area contributed by atoms with E-state index in [4.69, 9.17) is 57.8 Å². The third-order valence-electron chi connectivity index (χ3n) is 11.0. The Bertz CT molecular complexity index is 2160. The maximum atomic E-state index is 13.7. The van der Waals surface area contributed by atoms with Gasteiger partial charge in [0.2, 0.25) is 29.2 Å². The first-order valence-corrected chi connectivity index (χ1v) is 28.4. The van der Waals surface area contributed by atoms with Gasteiger partial charge in [-0.2, -0.15) is 8.78 Å². The van der Waals surface area contributed by atoms with Gasteiger partial charge in [0.25, 0.3) is 0 Å². The van der Waals surface area contributed by atoms with Crippen molar-refractivity contribution in [2.75, 3.05) is 158 Å². The number of aliphatic imine (C=N–C) groups is 1. The van der Waals surface area contributed by atoms with Crippen molar-refractivity contribution in [3.63, 3.8) is 0 Å². The normalized spacial score (nSPS) is 12.4. The quantitative estimate of drug-likeness (QED) is 0.0207. The van der Waals surface area contributed by atoms with Gasteiger partial charge < -0.3 is 78.1 Å². The number of halogens is 4. The van der Waals surface area contributed by atoms with Crippen molar-refractivity contribution < 1.29 is 93.6 Å². The first-order chi connectivity index (χ1) is 39.1. The van der Waals surface area contributed by atoms with Crippen molar-refractivity contribution in [1.29, 1.82) is 0 Å². The van der Waals surface area contributed by atoms with Crippen molar-refractivity contribution in [3.8, 4) is 5.75 Å². The van der Waals surface area contributed by atoms with Crippen LogP contribution in [-0.2, 0) is 72.9 Å². The second-order valence-electron chi connectivity index (χ2n) is 19.0. The van der Waals surface area contributed by atoms with Gasteiger partial charge in [-0.15, -0.1) is 11.3 Å². The number of benzene rings is 1. The molecular formula is C55H85F4N5O16S. The first kappa shape index (κ1) is 70.4. The fraction of sp³-hybridized carbons (Fsp3) is 0.691. The molecule has 21 nitrogen and oxygen atoms in total. The summed E-state index contributed by atoms with van der Waals surface area (Å²) in [5.41, 5.74) is 7.08. The smallest absolute Gasteiger partial charge is 0.407 e. The zero-order valence-electron chi connectivity index (χ0n) is 47.5. The number of nitrogens with zero attached hydrogens (tertiary/aromatic N) is 2. The molecule has 0 radical (unpaired) electrons. The number of aryl methyl sites for hydroxylation is 1. The number of hydrogen-bond acceptors (Lipinski definition) is 19. The monoisotopic (exact) mass is 1180 g/mol. The van der Waals surface area contributed by atoms with Crippen LogP contribution in [0, 0.1) is 23.3 Å². The minimum absolute atomic E-state index is 0.0146. The second-order valence-corrected chi connectivity index (χ2v) is 20.2. The number of carbonyl (C=O) groups is 4. The zero-order valence-corrected chi connectivity index (χ0v) is 48.3.